The predicted molar refractivity (Wildman–Crippen MR) is 104 cm³/mol. The van der Waals surface area contributed by atoms with Crippen molar-refractivity contribution >= 4 is 46.3 Å². The molecule has 0 unspecified atom stereocenters. The molecule has 3 aromatic rings. The van der Waals surface area contributed by atoms with Gasteiger partial charge >= 0.3 is 6.18 Å². The first-order chi connectivity index (χ1) is 13.2. The van der Waals surface area contributed by atoms with Crippen molar-refractivity contribution in [3.05, 3.63) is 86.7 Å². The molecule has 0 spiro atoms. The van der Waals surface area contributed by atoms with E-state index < -0.39 is 11.7 Å². The number of alkyl halides is 3. The lowest BCUT2D eigenvalue weighted by Crippen LogP contribution is -2.12. The quantitative estimate of drug-likeness (QED) is 0.290. The summed E-state index contributed by atoms with van der Waals surface area (Å²) >= 11 is 17.8. The minimum Gasteiger partial charge on any atom is -0.261 e. The molecule has 0 aliphatic carbocycles. The number of hydrazone groups is 1. The summed E-state index contributed by atoms with van der Waals surface area (Å²) in [5.74, 6) is 0.335. The van der Waals surface area contributed by atoms with Crippen LogP contribution in [0.15, 0.2) is 59.8 Å². The molecule has 0 atom stereocenters. The number of aromatic nitrogens is 2. The van der Waals surface area contributed by atoms with Crippen molar-refractivity contribution in [2.45, 2.75) is 6.18 Å². The molecule has 4 nitrogen and oxygen atoms in total. The molecule has 0 saturated carbocycles. The number of hydrogen-bond acceptors (Lipinski definition) is 4. The van der Waals surface area contributed by atoms with E-state index in [1.807, 2.05) is 0 Å². The van der Waals surface area contributed by atoms with Crippen molar-refractivity contribution in [2.24, 2.45) is 5.10 Å². The standard InChI is InChI=1S/C18H10Cl3F3N4/c19-12-6-4-10(5-7-12)16(28-27-15-3-1-2-14(21)26-15)17-13(20)8-11(9-25-17)18(22,23)24/h1-9H,(H,26,27)/b28-16+. The average Bonchev–Trinajstić information content (AvgIpc) is 2.63. The van der Waals surface area contributed by atoms with Crippen molar-refractivity contribution < 1.29 is 13.2 Å². The topological polar surface area (TPSA) is 50.2 Å². The zero-order valence-electron chi connectivity index (χ0n) is 13.8. The molecule has 0 amide bonds. The van der Waals surface area contributed by atoms with Gasteiger partial charge in [0.15, 0.2) is 0 Å². The van der Waals surface area contributed by atoms with Crippen LogP contribution >= 0.6 is 34.8 Å². The molecule has 1 N–H and O–H groups in total. The van der Waals surface area contributed by atoms with Crippen molar-refractivity contribution in [3.63, 3.8) is 0 Å². The van der Waals surface area contributed by atoms with Gasteiger partial charge in [-0.2, -0.15) is 18.3 Å². The van der Waals surface area contributed by atoms with Gasteiger partial charge in [0, 0.05) is 16.8 Å². The Labute approximate surface area is 173 Å². The summed E-state index contributed by atoms with van der Waals surface area (Å²) in [5.41, 5.74) is 2.55. The van der Waals surface area contributed by atoms with E-state index in [1.165, 1.54) is 0 Å². The summed E-state index contributed by atoms with van der Waals surface area (Å²) in [5, 5.41) is 4.76. The Morgan fingerprint density at radius 2 is 1.71 bits per heavy atom. The Morgan fingerprint density at radius 1 is 1.00 bits per heavy atom. The van der Waals surface area contributed by atoms with Crippen LogP contribution in [0.2, 0.25) is 15.2 Å². The lowest BCUT2D eigenvalue weighted by molar-refractivity contribution is -0.137. The van der Waals surface area contributed by atoms with Gasteiger partial charge in [-0.3, -0.25) is 10.4 Å². The predicted octanol–water partition coefficient (Wildman–Crippen LogP) is 6.32. The summed E-state index contributed by atoms with van der Waals surface area (Å²) in [6, 6.07) is 12.2. The summed E-state index contributed by atoms with van der Waals surface area (Å²) in [7, 11) is 0. The highest BCUT2D eigenvalue weighted by Gasteiger charge is 2.32. The number of rotatable bonds is 4. The first-order valence-electron chi connectivity index (χ1n) is 7.69. The fourth-order valence-corrected chi connectivity index (χ4v) is 2.76. The highest BCUT2D eigenvalue weighted by Crippen LogP contribution is 2.31. The molecule has 2 aromatic heterocycles. The lowest BCUT2D eigenvalue weighted by atomic mass is 10.1. The molecular formula is C18H10Cl3F3N4. The van der Waals surface area contributed by atoms with Crippen molar-refractivity contribution in [2.75, 3.05) is 5.43 Å². The van der Waals surface area contributed by atoms with E-state index in [4.69, 9.17) is 34.8 Å². The molecule has 0 saturated heterocycles. The van der Waals surface area contributed by atoms with Crippen LogP contribution in [0.4, 0.5) is 19.0 Å². The van der Waals surface area contributed by atoms with Crippen LogP contribution in [-0.2, 0) is 6.18 Å². The molecule has 1 aromatic carbocycles. The Hall–Kier alpha value is -2.35. The monoisotopic (exact) mass is 444 g/mol. The van der Waals surface area contributed by atoms with E-state index in [-0.39, 0.29) is 21.6 Å². The van der Waals surface area contributed by atoms with E-state index in [0.717, 1.165) is 6.07 Å². The minimum atomic E-state index is -4.56. The second kappa shape index (κ2) is 8.34. The van der Waals surface area contributed by atoms with Gasteiger partial charge in [0.25, 0.3) is 0 Å². The maximum Gasteiger partial charge on any atom is 0.417 e. The number of anilines is 1. The van der Waals surface area contributed by atoms with Crippen molar-refractivity contribution in [3.8, 4) is 0 Å². The number of hydrogen-bond donors (Lipinski definition) is 1. The van der Waals surface area contributed by atoms with Gasteiger partial charge in [-0.25, -0.2) is 4.98 Å². The average molecular weight is 446 g/mol. The maximum atomic E-state index is 12.9. The first-order valence-corrected chi connectivity index (χ1v) is 8.83. The molecule has 2 heterocycles. The van der Waals surface area contributed by atoms with E-state index in [9.17, 15) is 13.2 Å². The molecule has 3 rings (SSSR count). The molecule has 0 aliphatic heterocycles. The fourth-order valence-electron chi connectivity index (χ4n) is 2.21. The largest absolute Gasteiger partial charge is 0.417 e. The van der Waals surface area contributed by atoms with Crippen LogP contribution in [0.1, 0.15) is 16.8 Å². The second-order valence-electron chi connectivity index (χ2n) is 5.48. The van der Waals surface area contributed by atoms with E-state index in [0.29, 0.717) is 22.6 Å². The SMILES string of the molecule is FC(F)(F)c1cnc(/C(=N/Nc2cccc(Cl)n2)c2ccc(Cl)cc2)c(Cl)c1. The smallest absolute Gasteiger partial charge is 0.261 e. The molecule has 0 radical (unpaired) electrons. The van der Waals surface area contributed by atoms with Crippen LogP contribution in [0, 0.1) is 0 Å². The van der Waals surface area contributed by atoms with Crippen LogP contribution in [0.3, 0.4) is 0 Å². The van der Waals surface area contributed by atoms with Crippen LogP contribution in [-0.4, -0.2) is 15.7 Å². The molecule has 0 aliphatic rings. The minimum absolute atomic E-state index is 0.0616. The van der Waals surface area contributed by atoms with E-state index in [2.05, 4.69) is 20.5 Å². The third-order valence-corrected chi connectivity index (χ3v) is 4.26. The number of nitrogens with zero attached hydrogens (tertiary/aromatic N) is 3. The molecule has 0 bridgehead atoms. The molecule has 144 valence electrons. The Balaban J connectivity index is 2.06. The van der Waals surface area contributed by atoms with E-state index in [1.54, 1.807) is 42.5 Å². The summed E-state index contributed by atoms with van der Waals surface area (Å²) in [4.78, 5) is 7.91. The lowest BCUT2D eigenvalue weighted by Gasteiger charge is -2.12. The molecule has 0 fully saturated rings. The van der Waals surface area contributed by atoms with Gasteiger partial charge in [-0.1, -0.05) is 53.0 Å². The summed E-state index contributed by atoms with van der Waals surface area (Å²) in [6.45, 7) is 0. The van der Waals surface area contributed by atoms with Crippen molar-refractivity contribution in [1.29, 1.82) is 0 Å². The Morgan fingerprint density at radius 3 is 2.32 bits per heavy atom. The highest BCUT2D eigenvalue weighted by molar-refractivity contribution is 6.35. The number of pyridine rings is 2. The zero-order chi connectivity index (χ0) is 20.3. The van der Waals surface area contributed by atoms with Gasteiger partial charge in [0.05, 0.1) is 10.6 Å². The normalized spacial score (nSPS) is 12.1. The zero-order valence-corrected chi connectivity index (χ0v) is 16.1. The van der Waals surface area contributed by atoms with Gasteiger partial charge in [-0.15, -0.1) is 0 Å². The fraction of sp³-hybridized carbons (Fsp3) is 0.0556. The van der Waals surface area contributed by atoms with Crippen molar-refractivity contribution in [1.82, 2.24) is 9.97 Å². The number of halogens is 6. The second-order valence-corrected chi connectivity index (χ2v) is 6.71. The Bertz CT molecular complexity index is 1020. The Kier molecular flexibility index (Phi) is 6.07. The van der Waals surface area contributed by atoms with Crippen LogP contribution in [0.25, 0.3) is 0 Å². The first kappa shape index (κ1) is 20.4. The number of nitrogens with one attached hydrogen (secondary N) is 1. The maximum absolute atomic E-state index is 12.9. The summed E-state index contributed by atoms with van der Waals surface area (Å²) < 4.78 is 38.7. The van der Waals surface area contributed by atoms with Gasteiger partial charge in [0.1, 0.15) is 22.4 Å². The van der Waals surface area contributed by atoms with E-state index >= 15 is 0 Å². The molecule has 28 heavy (non-hydrogen) atoms. The van der Waals surface area contributed by atoms with Gasteiger partial charge in [-0.05, 0) is 30.3 Å². The highest BCUT2D eigenvalue weighted by atomic mass is 35.5. The van der Waals surface area contributed by atoms with Gasteiger partial charge in [0.2, 0.25) is 0 Å². The van der Waals surface area contributed by atoms with Crippen LogP contribution < -0.4 is 5.43 Å². The van der Waals surface area contributed by atoms with Gasteiger partial charge < -0.3 is 0 Å². The third kappa shape index (κ3) is 4.92. The summed E-state index contributed by atoms with van der Waals surface area (Å²) in [6.07, 6.45) is -3.86. The number of benzene rings is 1. The molecular weight excluding hydrogens is 436 g/mol. The third-order valence-electron chi connectivity index (χ3n) is 3.51. The van der Waals surface area contributed by atoms with Crippen LogP contribution in [0.5, 0.6) is 0 Å². The molecule has 10 heteroatoms.